The van der Waals surface area contributed by atoms with Crippen molar-refractivity contribution in [3.05, 3.63) is 12.2 Å². The topological polar surface area (TPSA) is 26.3 Å². The summed E-state index contributed by atoms with van der Waals surface area (Å²) in [6.07, 6.45) is 4.94. The molecule has 0 aliphatic heterocycles. The lowest BCUT2D eigenvalue weighted by molar-refractivity contribution is -0.166. The summed E-state index contributed by atoms with van der Waals surface area (Å²) in [4.78, 5) is 12.1. The highest BCUT2D eigenvalue weighted by atomic mass is 16.6. The first-order valence-corrected chi connectivity index (χ1v) is 6.23. The SMILES string of the molecule is C=C(C)C1(OC(=O)C(C)(C)CC)CCCC1. The van der Waals surface area contributed by atoms with E-state index < -0.39 is 0 Å². The molecule has 0 saturated heterocycles. The predicted molar refractivity (Wildman–Crippen MR) is 66.2 cm³/mol. The number of hydrogen-bond donors (Lipinski definition) is 0. The van der Waals surface area contributed by atoms with Gasteiger partial charge in [0.05, 0.1) is 5.41 Å². The fraction of sp³-hybridized carbons (Fsp3) is 0.786. The second-order valence-corrected chi connectivity index (χ2v) is 5.61. The maximum atomic E-state index is 12.1. The molecule has 0 aromatic carbocycles. The average molecular weight is 224 g/mol. The van der Waals surface area contributed by atoms with Crippen molar-refractivity contribution in [1.29, 1.82) is 0 Å². The molecule has 0 spiro atoms. The second-order valence-electron chi connectivity index (χ2n) is 5.61. The summed E-state index contributed by atoms with van der Waals surface area (Å²) in [5.74, 6) is -0.0834. The van der Waals surface area contributed by atoms with E-state index >= 15 is 0 Å². The van der Waals surface area contributed by atoms with Gasteiger partial charge in [-0.25, -0.2) is 0 Å². The molecule has 0 unspecified atom stereocenters. The Morgan fingerprint density at radius 1 is 1.38 bits per heavy atom. The van der Waals surface area contributed by atoms with Gasteiger partial charge in [0.25, 0.3) is 0 Å². The summed E-state index contributed by atoms with van der Waals surface area (Å²) in [6.45, 7) is 11.9. The van der Waals surface area contributed by atoms with Gasteiger partial charge in [0, 0.05) is 0 Å². The van der Waals surface area contributed by atoms with E-state index in [0.717, 1.165) is 37.7 Å². The molecule has 0 N–H and O–H groups in total. The van der Waals surface area contributed by atoms with Gasteiger partial charge in [-0.05, 0) is 58.4 Å². The third kappa shape index (κ3) is 2.47. The number of ether oxygens (including phenoxy) is 1. The molecule has 1 aliphatic carbocycles. The molecule has 1 aliphatic rings. The zero-order valence-corrected chi connectivity index (χ0v) is 11.1. The highest BCUT2D eigenvalue weighted by molar-refractivity contribution is 5.76. The van der Waals surface area contributed by atoms with E-state index in [-0.39, 0.29) is 17.0 Å². The van der Waals surface area contributed by atoms with E-state index in [1.807, 2.05) is 27.7 Å². The average Bonchev–Trinajstić information content (AvgIpc) is 2.67. The fourth-order valence-electron chi connectivity index (χ4n) is 2.02. The third-order valence-electron chi connectivity index (χ3n) is 3.91. The van der Waals surface area contributed by atoms with Crippen LogP contribution in [-0.2, 0) is 9.53 Å². The number of hydrogen-bond acceptors (Lipinski definition) is 2. The van der Waals surface area contributed by atoms with Gasteiger partial charge in [-0.1, -0.05) is 13.5 Å². The fourth-order valence-corrected chi connectivity index (χ4v) is 2.02. The zero-order chi connectivity index (χ0) is 12.4. The van der Waals surface area contributed by atoms with Gasteiger partial charge in [-0.3, -0.25) is 4.79 Å². The van der Waals surface area contributed by atoms with Gasteiger partial charge >= 0.3 is 5.97 Å². The molecule has 0 radical (unpaired) electrons. The molecule has 0 aromatic heterocycles. The Labute approximate surface area is 99.1 Å². The van der Waals surface area contributed by atoms with Crippen LogP contribution in [0.1, 0.15) is 59.8 Å². The van der Waals surface area contributed by atoms with E-state index in [0.29, 0.717) is 0 Å². The maximum absolute atomic E-state index is 12.1. The zero-order valence-electron chi connectivity index (χ0n) is 11.1. The number of carbonyl (C=O) groups is 1. The predicted octanol–water partition coefficient (Wildman–Crippen LogP) is 3.85. The molecule has 1 saturated carbocycles. The van der Waals surface area contributed by atoms with E-state index in [1.165, 1.54) is 0 Å². The summed E-state index contributed by atoms with van der Waals surface area (Å²) >= 11 is 0. The molecule has 0 bridgehead atoms. The van der Waals surface area contributed by atoms with E-state index in [9.17, 15) is 4.79 Å². The van der Waals surface area contributed by atoms with Gasteiger partial charge < -0.3 is 4.74 Å². The van der Waals surface area contributed by atoms with Crippen LogP contribution in [0.3, 0.4) is 0 Å². The summed E-state index contributed by atoms with van der Waals surface area (Å²) < 4.78 is 5.78. The van der Waals surface area contributed by atoms with Crippen LogP contribution in [0, 0.1) is 5.41 Å². The summed E-state index contributed by atoms with van der Waals surface area (Å²) in [7, 11) is 0. The minimum atomic E-state index is -0.384. The molecule has 16 heavy (non-hydrogen) atoms. The number of esters is 1. The largest absolute Gasteiger partial charge is 0.454 e. The first-order valence-electron chi connectivity index (χ1n) is 6.23. The summed E-state index contributed by atoms with van der Waals surface area (Å²) in [5, 5.41) is 0. The molecular weight excluding hydrogens is 200 g/mol. The Morgan fingerprint density at radius 3 is 2.25 bits per heavy atom. The van der Waals surface area contributed by atoms with Crippen LogP contribution in [0.5, 0.6) is 0 Å². The van der Waals surface area contributed by atoms with Gasteiger partial charge in [-0.15, -0.1) is 0 Å². The molecule has 1 rings (SSSR count). The van der Waals surface area contributed by atoms with Crippen LogP contribution in [0.15, 0.2) is 12.2 Å². The van der Waals surface area contributed by atoms with Crippen molar-refractivity contribution in [3.8, 4) is 0 Å². The lowest BCUT2D eigenvalue weighted by Crippen LogP contribution is -2.38. The van der Waals surface area contributed by atoms with E-state index in [2.05, 4.69) is 6.58 Å². The normalized spacial score (nSPS) is 19.5. The van der Waals surface area contributed by atoms with E-state index in [1.54, 1.807) is 0 Å². The van der Waals surface area contributed by atoms with Crippen molar-refractivity contribution in [1.82, 2.24) is 0 Å². The Morgan fingerprint density at radius 2 is 1.88 bits per heavy atom. The van der Waals surface area contributed by atoms with Gasteiger partial charge in [0.1, 0.15) is 5.60 Å². The van der Waals surface area contributed by atoms with Gasteiger partial charge in [0.15, 0.2) is 0 Å². The quantitative estimate of drug-likeness (QED) is 0.535. The van der Waals surface area contributed by atoms with Crippen LogP contribution >= 0.6 is 0 Å². The van der Waals surface area contributed by atoms with Gasteiger partial charge in [-0.2, -0.15) is 0 Å². The first kappa shape index (κ1) is 13.3. The molecule has 2 nitrogen and oxygen atoms in total. The van der Waals surface area contributed by atoms with Crippen molar-refractivity contribution < 1.29 is 9.53 Å². The molecule has 0 aromatic rings. The van der Waals surface area contributed by atoms with Crippen molar-refractivity contribution in [3.63, 3.8) is 0 Å². The van der Waals surface area contributed by atoms with Crippen molar-refractivity contribution in [2.45, 2.75) is 65.4 Å². The highest BCUT2D eigenvalue weighted by Crippen LogP contribution is 2.40. The smallest absolute Gasteiger partial charge is 0.312 e. The van der Waals surface area contributed by atoms with Crippen LogP contribution in [0.25, 0.3) is 0 Å². The van der Waals surface area contributed by atoms with Crippen LogP contribution in [-0.4, -0.2) is 11.6 Å². The van der Waals surface area contributed by atoms with Crippen molar-refractivity contribution >= 4 is 5.97 Å². The standard InChI is InChI=1S/C14H24O2/c1-6-13(4,5)12(15)16-14(11(2)3)9-7-8-10-14/h2,6-10H2,1,3-5H3. The summed E-state index contributed by atoms with van der Waals surface area (Å²) in [5.41, 5.74) is 0.236. The Balaban J connectivity index is 2.78. The monoisotopic (exact) mass is 224 g/mol. The minimum absolute atomic E-state index is 0.0834. The molecule has 92 valence electrons. The highest BCUT2D eigenvalue weighted by Gasteiger charge is 2.41. The maximum Gasteiger partial charge on any atom is 0.312 e. The number of carbonyl (C=O) groups excluding carboxylic acids is 1. The molecule has 0 atom stereocenters. The lowest BCUT2D eigenvalue weighted by atomic mass is 9.88. The van der Waals surface area contributed by atoms with Crippen LogP contribution in [0.2, 0.25) is 0 Å². The molecule has 1 fully saturated rings. The van der Waals surface area contributed by atoms with Crippen molar-refractivity contribution in [2.24, 2.45) is 5.41 Å². The molecular formula is C14H24O2. The molecule has 0 heterocycles. The number of rotatable bonds is 4. The first-order chi connectivity index (χ1) is 7.34. The van der Waals surface area contributed by atoms with Crippen LogP contribution < -0.4 is 0 Å². The molecule has 0 amide bonds. The minimum Gasteiger partial charge on any atom is -0.454 e. The van der Waals surface area contributed by atoms with E-state index in [4.69, 9.17) is 4.74 Å². The summed E-state index contributed by atoms with van der Waals surface area (Å²) in [6, 6.07) is 0. The Kier molecular flexibility index (Phi) is 3.82. The van der Waals surface area contributed by atoms with Crippen LogP contribution in [0.4, 0.5) is 0 Å². The Bertz CT molecular complexity index is 283. The Hall–Kier alpha value is -0.790. The lowest BCUT2D eigenvalue weighted by Gasteiger charge is -2.33. The second kappa shape index (κ2) is 4.60. The third-order valence-corrected chi connectivity index (χ3v) is 3.91. The van der Waals surface area contributed by atoms with Crippen molar-refractivity contribution in [2.75, 3.05) is 0 Å². The molecule has 2 heteroatoms. The van der Waals surface area contributed by atoms with Gasteiger partial charge in [0.2, 0.25) is 0 Å².